The zero-order valence-electron chi connectivity index (χ0n) is 15.1. The first-order valence-corrected chi connectivity index (χ1v) is 9.90. The van der Waals surface area contributed by atoms with Gasteiger partial charge in [-0.1, -0.05) is 62.7 Å². The molecule has 0 saturated heterocycles. The topological polar surface area (TPSA) is 34.1 Å². The Hall–Kier alpha value is -1.87. The Kier molecular flexibility index (Phi) is 7.93. The molecule has 0 spiro atoms. The lowest BCUT2D eigenvalue weighted by molar-refractivity contribution is 0.0971. The second-order valence-electron chi connectivity index (χ2n) is 6.20. The van der Waals surface area contributed by atoms with Gasteiger partial charge in [-0.2, -0.15) is 0 Å². The van der Waals surface area contributed by atoms with E-state index in [1.807, 2.05) is 48.5 Å². The number of ketones is 2. The summed E-state index contributed by atoms with van der Waals surface area (Å²) >= 11 is 1.64. The van der Waals surface area contributed by atoms with E-state index in [4.69, 9.17) is 0 Å². The van der Waals surface area contributed by atoms with Gasteiger partial charge in [-0.25, -0.2) is 0 Å². The fourth-order valence-electron chi connectivity index (χ4n) is 2.52. The van der Waals surface area contributed by atoms with E-state index in [-0.39, 0.29) is 11.6 Å². The van der Waals surface area contributed by atoms with Gasteiger partial charge in [0, 0.05) is 33.8 Å². The molecular formula is C22H26O2S. The summed E-state index contributed by atoms with van der Waals surface area (Å²) in [5.41, 5.74) is 1.57. The second kappa shape index (κ2) is 10.2. The average Bonchev–Trinajstić information content (AvgIpc) is 2.65. The van der Waals surface area contributed by atoms with Crippen LogP contribution in [0, 0.1) is 0 Å². The quantitative estimate of drug-likeness (QED) is 0.452. The van der Waals surface area contributed by atoms with E-state index in [1.165, 1.54) is 0 Å². The van der Waals surface area contributed by atoms with Crippen LogP contribution >= 0.6 is 11.8 Å². The van der Waals surface area contributed by atoms with Crippen molar-refractivity contribution in [1.82, 2.24) is 0 Å². The van der Waals surface area contributed by atoms with Crippen molar-refractivity contribution < 1.29 is 9.59 Å². The van der Waals surface area contributed by atoms with Gasteiger partial charge in [0.05, 0.1) is 0 Å². The Labute approximate surface area is 155 Å². The molecule has 0 fully saturated rings. The van der Waals surface area contributed by atoms with Crippen molar-refractivity contribution in [2.24, 2.45) is 0 Å². The molecule has 0 amide bonds. The van der Waals surface area contributed by atoms with Crippen LogP contribution in [0.1, 0.15) is 73.1 Å². The van der Waals surface area contributed by atoms with E-state index in [1.54, 1.807) is 11.8 Å². The Balaban J connectivity index is 1.95. The minimum Gasteiger partial charge on any atom is -0.294 e. The van der Waals surface area contributed by atoms with E-state index in [9.17, 15) is 9.59 Å². The fraction of sp³-hybridized carbons (Fsp3) is 0.364. The van der Waals surface area contributed by atoms with Gasteiger partial charge < -0.3 is 0 Å². The minimum atomic E-state index is 0.216. The summed E-state index contributed by atoms with van der Waals surface area (Å²) in [5, 5.41) is 0. The van der Waals surface area contributed by atoms with Gasteiger partial charge in [0.2, 0.25) is 0 Å². The molecule has 25 heavy (non-hydrogen) atoms. The largest absolute Gasteiger partial charge is 0.294 e. The number of unbranched alkanes of at least 4 members (excludes halogenated alkanes) is 2. The molecule has 0 bridgehead atoms. The number of hydrogen-bond donors (Lipinski definition) is 0. The van der Waals surface area contributed by atoms with Gasteiger partial charge in [0.25, 0.3) is 0 Å². The van der Waals surface area contributed by atoms with Crippen LogP contribution < -0.4 is 0 Å². The molecule has 0 radical (unpaired) electrons. The molecule has 132 valence electrons. The number of Topliss-reactive ketones (excluding diaryl/α,β-unsaturated/α-hetero) is 2. The first-order chi connectivity index (χ1) is 12.1. The summed E-state index contributed by atoms with van der Waals surface area (Å²) in [5.74, 6) is 0.432. The number of carbonyl (C=O) groups excluding carboxylic acids is 2. The number of hydrogen-bond acceptors (Lipinski definition) is 3. The van der Waals surface area contributed by atoms with Crippen LogP contribution in [0.25, 0.3) is 0 Å². The minimum absolute atomic E-state index is 0.216. The Morgan fingerprint density at radius 2 is 1.04 bits per heavy atom. The molecule has 0 aliphatic rings. The highest BCUT2D eigenvalue weighted by atomic mass is 32.2. The van der Waals surface area contributed by atoms with E-state index in [0.717, 1.165) is 46.6 Å². The molecule has 2 rings (SSSR count). The molecule has 2 aromatic rings. The number of rotatable bonds is 10. The Bertz CT molecular complexity index is 625. The maximum absolute atomic E-state index is 12.0. The van der Waals surface area contributed by atoms with Gasteiger partial charge in [0.1, 0.15) is 0 Å². The summed E-state index contributed by atoms with van der Waals surface area (Å²) in [6.07, 6.45) is 5.21. The third-order valence-electron chi connectivity index (χ3n) is 4.10. The lowest BCUT2D eigenvalue weighted by Gasteiger charge is -2.05. The lowest BCUT2D eigenvalue weighted by Crippen LogP contribution is -1.98. The van der Waals surface area contributed by atoms with Gasteiger partial charge in [-0.3, -0.25) is 9.59 Å². The van der Waals surface area contributed by atoms with Gasteiger partial charge in [-0.15, -0.1) is 0 Å². The van der Waals surface area contributed by atoms with Crippen LogP contribution in [0.3, 0.4) is 0 Å². The van der Waals surface area contributed by atoms with Crippen molar-refractivity contribution in [3.8, 4) is 0 Å². The van der Waals surface area contributed by atoms with Crippen molar-refractivity contribution >= 4 is 23.3 Å². The zero-order chi connectivity index (χ0) is 18.1. The molecule has 0 aliphatic carbocycles. The molecule has 3 heteroatoms. The monoisotopic (exact) mass is 354 g/mol. The van der Waals surface area contributed by atoms with Gasteiger partial charge in [0.15, 0.2) is 11.6 Å². The molecule has 0 heterocycles. The predicted octanol–water partition coefficient (Wildman–Crippen LogP) is 6.58. The maximum atomic E-state index is 12.0. The van der Waals surface area contributed by atoms with Crippen LogP contribution in [0.5, 0.6) is 0 Å². The summed E-state index contributed by atoms with van der Waals surface area (Å²) in [6.45, 7) is 4.19. The fourth-order valence-corrected chi connectivity index (χ4v) is 3.33. The molecule has 2 nitrogen and oxygen atoms in total. The molecule has 0 unspecified atom stereocenters. The normalized spacial score (nSPS) is 10.6. The molecule has 2 aromatic carbocycles. The van der Waals surface area contributed by atoms with Crippen molar-refractivity contribution in [1.29, 1.82) is 0 Å². The zero-order valence-corrected chi connectivity index (χ0v) is 15.9. The van der Waals surface area contributed by atoms with Crippen molar-refractivity contribution in [3.63, 3.8) is 0 Å². The van der Waals surface area contributed by atoms with E-state index >= 15 is 0 Å². The maximum Gasteiger partial charge on any atom is 0.162 e. The molecule has 0 aliphatic heterocycles. The van der Waals surface area contributed by atoms with Crippen LogP contribution in [-0.4, -0.2) is 11.6 Å². The summed E-state index contributed by atoms with van der Waals surface area (Å²) < 4.78 is 0. The highest BCUT2D eigenvalue weighted by Crippen LogP contribution is 2.28. The van der Waals surface area contributed by atoms with Crippen LogP contribution in [0.15, 0.2) is 58.3 Å². The van der Waals surface area contributed by atoms with Gasteiger partial charge >= 0.3 is 0 Å². The smallest absolute Gasteiger partial charge is 0.162 e. The Morgan fingerprint density at radius 3 is 1.36 bits per heavy atom. The molecule has 0 aromatic heterocycles. The highest BCUT2D eigenvalue weighted by Gasteiger charge is 2.07. The first-order valence-electron chi connectivity index (χ1n) is 9.08. The van der Waals surface area contributed by atoms with Gasteiger partial charge in [-0.05, 0) is 37.1 Å². The predicted molar refractivity (Wildman–Crippen MR) is 105 cm³/mol. The molecule has 0 N–H and O–H groups in total. The van der Waals surface area contributed by atoms with E-state index in [0.29, 0.717) is 12.8 Å². The summed E-state index contributed by atoms with van der Waals surface area (Å²) in [6, 6.07) is 15.6. The number of benzene rings is 2. The summed E-state index contributed by atoms with van der Waals surface area (Å²) in [4.78, 5) is 26.2. The number of carbonyl (C=O) groups is 2. The van der Waals surface area contributed by atoms with Crippen molar-refractivity contribution in [2.75, 3.05) is 0 Å². The van der Waals surface area contributed by atoms with E-state index < -0.39 is 0 Å². The van der Waals surface area contributed by atoms with Crippen LogP contribution in [-0.2, 0) is 0 Å². The lowest BCUT2D eigenvalue weighted by atomic mass is 10.1. The molecule has 0 atom stereocenters. The van der Waals surface area contributed by atoms with Crippen molar-refractivity contribution in [2.45, 2.75) is 62.2 Å². The Morgan fingerprint density at radius 1 is 0.680 bits per heavy atom. The molecular weight excluding hydrogens is 328 g/mol. The average molecular weight is 355 g/mol. The molecule has 0 saturated carbocycles. The third kappa shape index (κ3) is 6.17. The second-order valence-corrected chi connectivity index (χ2v) is 7.35. The standard InChI is InChI=1S/C22H26O2S/c1-3-5-7-21(23)17-9-13-19(14-10-17)25-20-15-11-18(12-16-20)22(24)8-6-4-2/h9-16H,3-8H2,1-2H3. The van der Waals surface area contributed by atoms with E-state index in [2.05, 4.69) is 13.8 Å². The van der Waals surface area contributed by atoms with Crippen molar-refractivity contribution in [3.05, 3.63) is 59.7 Å². The van der Waals surface area contributed by atoms with Crippen LogP contribution in [0.2, 0.25) is 0 Å². The summed E-state index contributed by atoms with van der Waals surface area (Å²) in [7, 11) is 0. The van der Waals surface area contributed by atoms with Crippen LogP contribution in [0.4, 0.5) is 0 Å². The SMILES string of the molecule is CCCCC(=O)c1ccc(Sc2ccc(C(=O)CCCC)cc2)cc1. The third-order valence-corrected chi connectivity index (χ3v) is 5.12. The highest BCUT2D eigenvalue weighted by molar-refractivity contribution is 7.99. The first kappa shape index (κ1) is 19.5.